The monoisotopic (exact) mass is 330 g/mol. The van der Waals surface area contributed by atoms with Gasteiger partial charge in [0.1, 0.15) is 24.2 Å². The molecule has 0 aliphatic carbocycles. The van der Waals surface area contributed by atoms with Crippen LogP contribution in [-0.4, -0.2) is 40.8 Å². The molecular formula is C15H23ClO4Si. The van der Waals surface area contributed by atoms with Crippen LogP contribution in [0.15, 0.2) is 18.2 Å². The fraction of sp³-hybridized carbons (Fsp3) is 0.600. The van der Waals surface area contributed by atoms with Gasteiger partial charge in [-0.15, -0.1) is 0 Å². The Kier molecular flexibility index (Phi) is 5.93. The Labute approximate surface area is 132 Å². The van der Waals surface area contributed by atoms with Crippen LogP contribution in [-0.2, 0) is 9.47 Å². The molecule has 1 atom stereocenters. The molecule has 1 aliphatic rings. The van der Waals surface area contributed by atoms with Crippen molar-refractivity contribution in [1.29, 1.82) is 0 Å². The van der Waals surface area contributed by atoms with Crippen LogP contribution in [0.3, 0.4) is 0 Å². The minimum atomic E-state index is -1.05. The number of rotatable bonds is 9. The van der Waals surface area contributed by atoms with Crippen LogP contribution in [0.5, 0.6) is 11.5 Å². The first-order valence-corrected chi connectivity index (χ1v) is 11.3. The van der Waals surface area contributed by atoms with Crippen molar-refractivity contribution in [2.45, 2.75) is 31.8 Å². The highest BCUT2D eigenvalue weighted by molar-refractivity contribution is 6.76. The number of hydrogen-bond donors (Lipinski definition) is 0. The van der Waals surface area contributed by atoms with E-state index in [1.807, 2.05) is 6.07 Å². The lowest BCUT2D eigenvalue weighted by Crippen LogP contribution is -2.22. The molecule has 0 spiro atoms. The van der Waals surface area contributed by atoms with Gasteiger partial charge in [-0.05, 0) is 18.2 Å². The highest BCUT2D eigenvalue weighted by atomic mass is 35.5. The van der Waals surface area contributed by atoms with Gasteiger partial charge in [-0.2, -0.15) is 0 Å². The molecule has 0 saturated carbocycles. The summed E-state index contributed by atoms with van der Waals surface area (Å²) >= 11 is 6.16. The Morgan fingerprint density at radius 3 is 2.67 bits per heavy atom. The molecule has 0 radical (unpaired) electrons. The molecule has 6 heteroatoms. The maximum Gasteiger partial charge on any atom is 0.189 e. The van der Waals surface area contributed by atoms with E-state index in [1.165, 1.54) is 0 Å². The van der Waals surface area contributed by atoms with Crippen molar-refractivity contribution >= 4 is 19.7 Å². The normalized spacial score (nSPS) is 17.6. The number of ether oxygens (including phenoxy) is 4. The van der Waals surface area contributed by atoms with Gasteiger partial charge in [0, 0.05) is 20.7 Å². The van der Waals surface area contributed by atoms with Crippen molar-refractivity contribution in [3.8, 4) is 11.5 Å². The fourth-order valence-electron chi connectivity index (χ4n) is 1.58. The van der Waals surface area contributed by atoms with Gasteiger partial charge in [0.2, 0.25) is 0 Å². The summed E-state index contributed by atoms with van der Waals surface area (Å²) in [5.74, 6) is 1.34. The molecule has 1 fully saturated rings. The van der Waals surface area contributed by atoms with Crippen molar-refractivity contribution in [2.24, 2.45) is 0 Å². The van der Waals surface area contributed by atoms with Gasteiger partial charge in [0.15, 0.2) is 6.79 Å². The number of hydrogen-bond acceptors (Lipinski definition) is 4. The zero-order chi connectivity index (χ0) is 15.3. The summed E-state index contributed by atoms with van der Waals surface area (Å²) in [7, 11) is -1.05. The quantitative estimate of drug-likeness (QED) is 0.299. The average molecular weight is 331 g/mol. The Hall–Kier alpha value is -0.753. The lowest BCUT2D eigenvalue weighted by molar-refractivity contribution is 0.0221. The van der Waals surface area contributed by atoms with Crippen molar-refractivity contribution in [2.75, 3.05) is 26.6 Å². The maximum atomic E-state index is 6.16. The third kappa shape index (κ3) is 6.69. The Morgan fingerprint density at radius 2 is 2.05 bits per heavy atom. The van der Waals surface area contributed by atoms with Gasteiger partial charge in [-0.3, -0.25) is 0 Å². The minimum absolute atomic E-state index is 0.223. The lowest BCUT2D eigenvalue weighted by atomic mass is 10.3. The topological polar surface area (TPSA) is 40.2 Å². The van der Waals surface area contributed by atoms with Gasteiger partial charge in [0.05, 0.1) is 11.6 Å². The average Bonchev–Trinajstić information content (AvgIpc) is 3.21. The van der Waals surface area contributed by atoms with E-state index < -0.39 is 8.07 Å². The minimum Gasteiger partial charge on any atom is -0.491 e. The van der Waals surface area contributed by atoms with E-state index in [0.29, 0.717) is 17.4 Å². The molecule has 1 heterocycles. The van der Waals surface area contributed by atoms with E-state index in [0.717, 1.165) is 25.0 Å². The zero-order valence-corrected chi connectivity index (χ0v) is 14.6. The van der Waals surface area contributed by atoms with Gasteiger partial charge in [-0.25, -0.2) is 0 Å². The van der Waals surface area contributed by atoms with E-state index in [-0.39, 0.29) is 12.9 Å². The molecular weight excluding hydrogens is 308 g/mol. The summed E-state index contributed by atoms with van der Waals surface area (Å²) < 4.78 is 21.7. The summed E-state index contributed by atoms with van der Waals surface area (Å²) in [6.45, 7) is 9.26. The molecule has 2 rings (SSSR count). The Balaban J connectivity index is 1.70. The third-order valence-electron chi connectivity index (χ3n) is 3.04. The molecule has 1 aromatic carbocycles. The molecule has 0 aromatic heterocycles. The first kappa shape index (κ1) is 16.6. The molecule has 4 nitrogen and oxygen atoms in total. The fourth-order valence-corrected chi connectivity index (χ4v) is 2.57. The van der Waals surface area contributed by atoms with Crippen molar-refractivity contribution in [3.05, 3.63) is 23.2 Å². The zero-order valence-electron chi connectivity index (χ0n) is 12.9. The highest BCUT2D eigenvalue weighted by Crippen LogP contribution is 2.29. The summed E-state index contributed by atoms with van der Waals surface area (Å²) in [6.07, 6.45) is 0.236. The summed E-state index contributed by atoms with van der Waals surface area (Å²) in [5.41, 5.74) is 0. The van der Waals surface area contributed by atoms with Crippen LogP contribution in [0.25, 0.3) is 0 Å². The van der Waals surface area contributed by atoms with E-state index in [1.54, 1.807) is 12.1 Å². The maximum absolute atomic E-state index is 6.16. The smallest absolute Gasteiger partial charge is 0.189 e. The molecule has 0 bridgehead atoms. The van der Waals surface area contributed by atoms with Gasteiger partial charge >= 0.3 is 0 Å². The van der Waals surface area contributed by atoms with Crippen LogP contribution in [0.1, 0.15) is 0 Å². The SMILES string of the molecule is C[Si](C)(C)CCOCOc1ccc(OC[C@@H]2CO2)cc1Cl. The third-order valence-corrected chi connectivity index (χ3v) is 5.04. The van der Waals surface area contributed by atoms with Gasteiger partial charge in [0.25, 0.3) is 0 Å². The predicted octanol–water partition coefficient (Wildman–Crippen LogP) is 3.81. The lowest BCUT2D eigenvalue weighted by Gasteiger charge is -2.16. The predicted molar refractivity (Wildman–Crippen MR) is 86.3 cm³/mol. The standard InChI is InChI=1S/C15H23ClO4Si/c1-21(2,3)7-6-17-11-20-15-5-4-12(8-14(15)16)18-9-13-10-19-13/h4-5,8,13H,6-7,9-11H2,1-3H3/t13-/m1/s1. The molecule has 0 unspecified atom stereocenters. The summed E-state index contributed by atoms with van der Waals surface area (Å²) in [4.78, 5) is 0. The van der Waals surface area contributed by atoms with E-state index >= 15 is 0 Å². The van der Waals surface area contributed by atoms with Gasteiger partial charge in [-0.1, -0.05) is 31.2 Å². The first-order valence-electron chi connectivity index (χ1n) is 7.18. The van der Waals surface area contributed by atoms with E-state index in [2.05, 4.69) is 19.6 Å². The second-order valence-corrected chi connectivity index (χ2v) is 12.4. The molecule has 1 aliphatic heterocycles. The number of epoxide rings is 1. The number of benzene rings is 1. The number of halogens is 1. The largest absolute Gasteiger partial charge is 0.491 e. The van der Waals surface area contributed by atoms with Crippen molar-refractivity contribution < 1.29 is 18.9 Å². The van der Waals surface area contributed by atoms with Crippen LogP contribution in [0, 0.1) is 0 Å². The van der Waals surface area contributed by atoms with Crippen LogP contribution >= 0.6 is 11.6 Å². The van der Waals surface area contributed by atoms with E-state index in [9.17, 15) is 0 Å². The van der Waals surface area contributed by atoms with Gasteiger partial charge < -0.3 is 18.9 Å². The highest BCUT2D eigenvalue weighted by Gasteiger charge is 2.23. The molecule has 1 aromatic rings. The van der Waals surface area contributed by atoms with Crippen molar-refractivity contribution in [1.82, 2.24) is 0 Å². The Bertz CT molecular complexity index is 457. The van der Waals surface area contributed by atoms with Crippen LogP contribution < -0.4 is 9.47 Å². The first-order chi connectivity index (χ1) is 9.94. The molecule has 118 valence electrons. The second-order valence-electron chi connectivity index (χ2n) is 6.34. The molecule has 21 heavy (non-hydrogen) atoms. The summed E-state index contributed by atoms with van der Waals surface area (Å²) in [6, 6.07) is 6.51. The Morgan fingerprint density at radius 1 is 1.29 bits per heavy atom. The molecule has 1 saturated heterocycles. The van der Waals surface area contributed by atoms with Crippen LogP contribution in [0.4, 0.5) is 0 Å². The van der Waals surface area contributed by atoms with Crippen molar-refractivity contribution in [3.63, 3.8) is 0 Å². The molecule has 0 amide bonds. The van der Waals surface area contributed by atoms with E-state index in [4.69, 9.17) is 30.5 Å². The second kappa shape index (κ2) is 7.49. The molecule has 0 N–H and O–H groups in total. The van der Waals surface area contributed by atoms with Crippen LogP contribution in [0.2, 0.25) is 30.7 Å². The summed E-state index contributed by atoms with van der Waals surface area (Å²) in [5, 5.41) is 0.526.